The molecule has 0 saturated carbocycles. The summed E-state index contributed by atoms with van der Waals surface area (Å²) in [5.41, 5.74) is 0.482. The first-order valence-corrected chi connectivity index (χ1v) is 11.7. The molecule has 0 amide bonds. The SMILES string of the molecule is COc1ccc(C(=O)CSC(SCC(=O)c2cccc(OC)c2OC)=C(C#N)C#N)c(OC)c1. The first-order valence-electron chi connectivity index (χ1n) is 9.73. The largest absolute Gasteiger partial charge is 0.497 e. The third-order valence-corrected chi connectivity index (χ3v) is 6.96. The van der Waals surface area contributed by atoms with E-state index in [-0.39, 0.29) is 32.9 Å². The van der Waals surface area contributed by atoms with Gasteiger partial charge in [-0.1, -0.05) is 6.07 Å². The van der Waals surface area contributed by atoms with E-state index < -0.39 is 0 Å². The molecule has 0 aliphatic carbocycles. The van der Waals surface area contributed by atoms with Gasteiger partial charge in [0, 0.05) is 6.07 Å². The molecule has 0 aliphatic rings. The molecular formula is C24H22N2O6S2. The Morgan fingerprint density at radius 3 is 1.94 bits per heavy atom. The van der Waals surface area contributed by atoms with Gasteiger partial charge in [-0.25, -0.2) is 0 Å². The Bertz CT molecular complexity index is 1160. The average Bonchev–Trinajstić information content (AvgIpc) is 2.88. The van der Waals surface area contributed by atoms with Crippen molar-refractivity contribution >= 4 is 35.1 Å². The molecule has 0 aromatic heterocycles. The fraction of sp³-hybridized carbons (Fsp3) is 0.250. The summed E-state index contributed by atoms with van der Waals surface area (Å²) < 4.78 is 21.2. The molecule has 0 radical (unpaired) electrons. The smallest absolute Gasteiger partial charge is 0.176 e. The van der Waals surface area contributed by atoms with Crippen LogP contribution in [0.4, 0.5) is 0 Å². The topological polar surface area (TPSA) is 119 Å². The number of Topliss-reactive ketones (excluding diaryl/α,β-unsaturated/α-hetero) is 2. The number of para-hydroxylation sites is 1. The highest BCUT2D eigenvalue weighted by Gasteiger charge is 2.20. The van der Waals surface area contributed by atoms with Gasteiger partial charge in [0.05, 0.1) is 55.3 Å². The van der Waals surface area contributed by atoms with Crippen molar-refractivity contribution in [2.75, 3.05) is 39.9 Å². The van der Waals surface area contributed by atoms with E-state index in [9.17, 15) is 20.1 Å². The maximum Gasteiger partial charge on any atom is 0.176 e. The van der Waals surface area contributed by atoms with Crippen LogP contribution in [0.1, 0.15) is 20.7 Å². The molecule has 8 nitrogen and oxygen atoms in total. The van der Waals surface area contributed by atoms with Gasteiger partial charge in [0.15, 0.2) is 23.1 Å². The molecule has 2 aromatic carbocycles. The molecule has 34 heavy (non-hydrogen) atoms. The summed E-state index contributed by atoms with van der Waals surface area (Å²) in [5, 5.41) is 18.7. The molecule has 0 unspecified atom stereocenters. The van der Waals surface area contributed by atoms with E-state index in [2.05, 4.69) is 0 Å². The molecule has 0 aliphatic heterocycles. The lowest BCUT2D eigenvalue weighted by Crippen LogP contribution is -2.07. The van der Waals surface area contributed by atoms with Crippen LogP contribution in [0.5, 0.6) is 23.0 Å². The Labute approximate surface area is 206 Å². The number of carbonyl (C=O) groups excluding carboxylic acids is 2. The van der Waals surface area contributed by atoms with Crippen molar-refractivity contribution in [1.82, 2.24) is 0 Å². The summed E-state index contributed by atoms with van der Waals surface area (Å²) in [4.78, 5) is 25.7. The number of benzene rings is 2. The summed E-state index contributed by atoms with van der Waals surface area (Å²) in [6.07, 6.45) is 0. The van der Waals surface area contributed by atoms with Gasteiger partial charge < -0.3 is 18.9 Å². The van der Waals surface area contributed by atoms with Gasteiger partial charge in [-0.15, -0.1) is 23.5 Å². The van der Waals surface area contributed by atoms with Crippen molar-refractivity contribution in [1.29, 1.82) is 10.5 Å². The zero-order chi connectivity index (χ0) is 25.1. The number of hydrogen-bond donors (Lipinski definition) is 0. The highest BCUT2D eigenvalue weighted by Crippen LogP contribution is 2.36. The van der Waals surface area contributed by atoms with Gasteiger partial charge in [-0.3, -0.25) is 9.59 Å². The fourth-order valence-corrected chi connectivity index (χ4v) is 4.85. The standard InChI is InChI=1S/C24H22N2O6S2/c1-29-16-8-9-17(22(10-16)31-3)19(27)13-33-24(15(11-25)12-26)34-14-20(28)18-6-5-7-21(30-2)23(18)32-4/h5-10H,13-14H2,1-4H3. The van der Waals surface area contributed by atoms with Crippen molar-refractivity contribution in [3.8, 4) is 35.1 Å². The number of carbonyl (C=O) groups is 2. The lowest BCUT2D eigenvalue weighted by Gasteiger charge is -2.12. The highest BCUT2D eigenvalue weighted by atomic mass is 32.2. The minimum atomic E-state index is -0.280. The van der Waals surface area contributed by atoms with E-state index in [4.69, 9.17) is 18.9 Å². The highest BCUT2D eigenvalue weighted by molar-refractivity contribution is 8.22. The van der Waals surface area contributed by atoms with Gasteiger partial charge in [0.25, 0.3) is 0 Å². The van der Waals surface area contributed by atoms with E-state index in [1.807, 2.05) is 12.1 Å². The second kappa shape index (κ2) is 13.2. The van der Waals surface area contributed by atoms with Crippen LogP contribution < -0.4 is 18.9 Å². The Balaban J connectivity index is 2.19. The monoisotopic (exact) mass is 498 g/mol. The van der Waals surface area contributed by atoms with Crippen LogP contribution in [0.15, 0.2) is 46.2 Å². The summed E-state index contributed by atoms with van der Waals surface area (Å²) in [6.45, 7) is 0. The van der Waals surface area contributed by atoms with Crippen LogP contribution in [-0.4, -0.2) is 51.5 Å². The first kappa shape index (κ1) is 26.7. The number of ether oxygens (including phenoxy) is 4. The lowest BCUT2D eigenvalue weighted by molar-refractivity contribution is 0.101. The number of thioether (sulfide) groups is 2. The van der Waals surface area contributed by atoms with Gasteiger partial charge in [-0.2, -0.15) is 10.5 Å². The van der Waals surface area contributed by atoms with Crippen molar-refractivity contribution in [3.05, 3.63) is 57.3 Å². The Kier molecular flexibility index (Phi) is 10.3. The number of hydrogen-bond acceptors (Lipinski definition) is 10. The Hall–Kier alpha value is -3.60. The Morgan fingerprint density at radius 1 is 0.794 bits per heavy atom. The van der Waals surface area contributed by atoms with Crippen LogP contribution in [0.2, 0.25) is 0 Å². The van der Waals surface area contributed by atoms with E-state index >= 15 is 0 Å². The molecule has 176 valence electrons. The van der Waals surface area contributed by atoms with Crippen LogP contribution in [0.25, 0.3) is 0 Å². The zero-order valence-corrected chi connectivity index (χ0v) is 20.7. The molecule has 0 bridgehead atoms. The number of methoxy groups -OCH3 is 4. The fourth-order valence-electron chi connectivity index (χ4n) is 2.86. The van der Waals surface area contributed by atoms with Crippen LogP contribution in [0, 0.1) is 22.7 Å². The minimum absolute atomic E-state index is 0.0610. The van der Waals surface area contributed by atoms with E-state index in [0.717, 1.165) is 23.5 Å². The molecule has 10 heteroatoms. The number of rotatable bonds is 12. The summed E-state index contributed by atoms with van der Waals surface area (Å²) >= 11 is 2.03. The molecule has 0 spiro atoms. The van der Waals surface area contributed by atoms with E-state index in [1.54, 1.807) is 36.4 Å². The third kappa shape index (κ3) is 6.47. The van der Waals surface area contributed by atoms with Gasteiger partial charge in [0.2, 0.25) is 0 Å². The maximum atomic E-state index is 12.9. The number of nitriles is 2. The van der Waals surface area contributed by atoms with Crippen molar-refractivity contribution in [2.24, 2.45) is 0 Å². The second-order valence-corrected chi connectivity index (χ2v) is 8.65. The van der Waals surface area contributed by atoms with Gasteiger partial charge in [0.1, 0.15) is 29.2 Å². The molecule has 0 heterocycles. The molecular weight excluding hydrogens is 476 g/mol. The zero-order valence-electron chi connectivity index (χ0n) is 19.0. The van der Waals surface area contributed by atoms with Crippen molar-refractivity contribution in [2.45, 2.75) is 0 Å². The lowest BCUT2D eigenvalue weighted by atomic mass is 10.1. The predicted octanol–water partition coefficient (Wildman–Crippen LogP) is 4.51. The van der Waals surface area contributed by atoms with Crippen LogP contribution in [0.3, 0.4) is 0 Å². The normalized spacial score (nSPS) is 9.82. The summed E-state index contributed by atoms with van der Waals surface area (Å²) in [6, 6.07) is 13.4. The summed E-state index contributed by atoms with van der Waals surface area (Å²) in [7, 11) is 5.86. The molecule has 0 saturated heterocycles. The third-order valence-electron chi connectivity index (χ3n) is 4.51. The molecule has 0 atom stereocenters. The molecule has 0 fully saturated rings. The van der Waals surface area contributed by atoms with E-state index in [0.29, 0.717) is 34.1 Å². The minimum Gasteiger partial charge on any atom is -0.497 e. The van der Waals surface area contributed by atoms with Crippen molar-refractivity contribution in [3.63, 3.8) is 0 Å². The Morgan fingerprint density at radius 2 is 1.41 bits per heavy atom. The average molecular weight is 499 g/mol. The van der Waals surface area contributed by atoms with Gasteiger partial charge >= 0.3 is 0 Å². The second-order valence-electron chi connectivity index (χ2n) is 6.42. The molecule has 2 rings (SSSR count). The van der Waals surface area contributed by atoms with Crippen LogP contribution >= 0.6 is 23.5 Å². The predicted molar refractivity (Wildman–Crippen MR) is 131 cm³/mol. The van der Waals surface area contributed by atoms with Crippen LogP contribution in [-0.2, 0) is 0 Å². The first-order chi connectivity index (χ1) is 16.4. The molecule has 2 aromatic rings. The number of nitrogens with zero attached hydrogens (tertiary/aromatic N) is 2. The quantitative estimate of drug-likeness (QED) is 0.305. The van der Waals surface area contributed by atoms with Gasteiger partial charge in [-0.05, 0) is 24.3 Å². The maximum absolute atomic E-state index is 12.9. The number of ketones is 2. The summed E-state index contributed by atoms with van der Waals surface area (Å²) in [5.74, 6) is 0.932. The van der Waals surface area contributed by atoms with Crippen molar-refractivity contribution < 1.29 is 28.5 Å². The molecule has 0 N–H and O–H groups in total. The van der Waals surface area contributed by atoms with E-state index in [1.165, 1.54) is 28.4 Å². The number of allylic oxidation sites excluding steroid dienone is 1.